The van der Waals surface area contributed by atoms with E-state index in [2.05, 4.69) is 10.7 Å². The first-order chi connectivity index (χ1) is 17.8. The second-order valence-electron chi connectivity index (χ2n) is 7.98. The first kappa shape index (κ1) is 26.1. The Morgan fingerprint density at radius 3 is 2.30 bits per heavy atom. The highest BCUT2D eigenvalue weighted by Gasteiger charge is 2.45. The Balaban J connectivity index is 1.56. The summed E-state index contributed by atoms with van der Waals surface area (Å²) in [5, 5.41) is 4.31. The Morgan fingerprint density at radius 1 is 1.03 bits per heavy atom. The predicted molar refractivity (Wildman–Crippen MR) is 142 cm³/mol. The van der Waals surface area contributed by atoms with Crippen LogP contribution in [0, 0.1) is 5.82 Å². The highest BCUT2D eigenvalue weighted by Crippen LogP contribution is 2.27. The van der Waals surface area contributed by atoms with Gasteiger partial charge in [0.25, 0.3) is 11.8 Å². The van der Waals surface area contributed by atoms with Gasteiger partial charge in [0.2, 0.25) is 11.0 Å². The van der Waals surface area contributed by atoms with Crippen LogP contribution in [0.3, 0.4) is 0 Å². The van der Waals surface area contributed by atoms with E-state index in [-0.39, 0.29) is 17.1 Å². The van der Waals surface area contributed by atoms with E-state index in [1.807, 2.05) is 6.92 Å². The van der Waals surface area contributed by atoms with Crippen molar-refractivity contribution < 1.29 is 23.5 Å². The molecule has 1 unspecified atom stereocenters. The van der Waals surface area contributed by atoms with Crippen LogP contribution < -0.4 is 20.4 Å². The van der Waals surface area contributed by atoms with Crippen LogP contribution >= 0.6 is 23.8 Å². The van der Waals surface area contributed by atoms with Crippen LogP contribution in [0.1, 0.15) is 23.7 Å². The number of thiocarbonyl (C=S) groups is 1. The molecule has 2 N–H and O–H groups in total. The van der Waals surface area contributed by atoms with Gasteiger partial charge in [-0.05, 0) is 91.9 Å². The molecule has 190 valence electrons. The molecule has 1 atom stereocenters. The number of nitrogens with zero attached hydrogens (tertiary/aromatic N) is 2. The number of hydrogen-bond acceptors (Lipinski definition) is 5. The molecular formula is C26H22ClFN4O4S. The van der Waals surface area contributed by atoms with Gasteiger partial charge in [0.15, 0.2) is 0 Å². The van der Waals surface area contributed by atoms with Crippen molar-refractivity contribution in [2.75, 3.05) is 16.8 Å². The van der Waals surface area contributed by atoms with Crippen molar-refractivity contribution in [2.24, 2.45) is 0 Å². The lowest BCUT2D eigenvalue weighted by molar-refractivity contribution is -0.124. The molecule has 37 heavy (non-hydrogen) atoms. The van der Waals surface area contributed by atoms with Gasteiger partial charge in [-0.25, -0.2) is 9.40 Å². The summed E-state index contributed by atoms with van der Waals surface area (Å²) in [6.07, 6.45) is -0.315. The topological polar surface area (TPSA) is 91.0 Å². The number of amides is 3. The summed E-state index contributed by atoms with van der Waals surface area (Å²) in [5.41, 5.74) is 3.71. The van der Waals surface area contributed by atoms with Crippen LogP contribution in [0.4, 0.5) is 15.8 Å². The van der Waals surface area contributed by atoms with Crippen LogP contribution in [0.5, 0.6) is 5.75 Å². The van der Waals surface area contributed by atoms with Crippen LogP contribution in [-0.2, 0) is 9.59 Å². The van der Waals surface area contributed by atoms with Crippen molar-refractivity contribution in [1.29, 1.82) is 0 Å². The summed E-state index contributed by atoms with van der Waals surface area (Å²) in [4.78, 5) is 40.4. The fraction of sp³-hybridized carbons (Fsp3) is 0.154. The van der Waals surface area contributed by atoms with Crippen molar-refractivity contribution in [3.05, 3.63) is 89.2 Å². The number of benzene rings is 3. The highest BCUT2D eigenvalue weighted by atomic mass is 35.5. The molecule has 4 rings (SSSR count). The van der Waals surface area contributed by atoms with Gasteiger partial charge in [-0.15, -0.1) is 0 Å². The summed E-state index contributed by atoms with van der Waals surface area (Å²) in [7, 11) is 0. The molecule has 8 nitrogen and oxygen atoms in total. The minimum Gasteiger partial charge on any atom is -0.494 e. The van der Waals surface area contributed by atoms with E-state index in [1.165, 1.54) is 41.4 Å². The van der Waals surface area contributed by atoms with Crippen LogP contribution in [-0.4, -0.2) is 40.5 Å². The predicted octanol–water partition coefficient (Wildman–Crippen LogP) is 4.55. The largest absolute Gasteiger partial charge is 0.494 e. The highest BCUT2D eigenvalue weighted by molar-refractivity contribution is 7.80. The Kier molecular flexibility index (Phi) is 8.00. The Labute approximate surface area is 222 Å². The average molecular weight is 541 g/mol. The molecule has 3 aromatic rings. The third kappa shape index (κ3) is 6.04. The molecule has 0 aliphatic carbocycles. The van der Waals surface area contributed by atoms with Crippen molar-refractivity contribution in [3.63, 3.8) is 0 Å². The van der Waals surface area contributed by atoms with Gasteiger partial charge >= 0.3 is 0 Å². The van der Waals surface area contributed by atoms with Gasteiger partial charge in [0.05, 0.1) is 18.7 Å². The molecule has 0 saturated carbocycles. The monoisotopic (exact) mass is 540 g/mol. The molecule has 0 spiro atoms. The number of nitrogens with one attached hydrogen (secondary N) is 2. The van der Waals surface area contributed by atoms with Gasteiger partial charge in [-0.3, -0.25) is 24.7 Å². The maximum atomic E-state index is 13.5. The number of halogens is 2. The van der Waals surface area contributed by atoms with Gasteiger partial charge in [-0.2, -0.15) is 0 Å². The second-order valence-corrected chi connectivity index (χ2v) is 8.78. The van der Waals surface area contributed by atoms with Crippen molar-refractivity contribution >= 4 is 58.0 Å². The standard InChI is InChI=1S/C26H22ClFN4O4S/c1-2-36-21-13-9-19(10-14-21)29-23(33)15-22-25(35)31(20-11-7-18(28)8-12-20)26(37)32(22)30-24(34)16-3-5-17(27)6-4-16/h3-14,22H,2,15H2,1H3,(H,29,33)(H,30,34). The SMILES string of the molecule is CCOc1ccc(NC(=O)CC2C(=O)N(c3ccc(F)cc3)C(=S)N2NC(=O)c2ccc(Cl)cc2)cc1. The lowest BCUT2D eigenvalue weighted by Gasteiger charge is -2.24. The van der Waals surface area contributed by atoms with Crippen LogP contribution in [0.25, 0.3) is 0 Å². The van der Waals surface area contributed by atoms with Crippen molar-refractivity contribution in [1.82, 2.24) is 10.4 Å². The summed E-state index contributed by atoms with van der Waals surface area (Å²) in [6.45, 7) is 2.38. The lowest BCUT2D eigenvalue weighted by atomic mass is 10.1. The van der Waals surface area contributed by atoms with Crippen molar-refractivity contribution in [2.45, 2.75) is 19.4 Å². The number of carbonyl (C=O) groups is 3. The number of rotatable bonds is 8. The fourth-order valence-corrected chi connectivity index (χ4v) is 4.19. The number of hydrogen-bond donors (Lipinski definition) is 2. The first-order valence-corrected chi connectivity index (χ1v) is 12.1. The van der Waals surface area contributed by atoms with E-state index in [4.69, 9.17) is 28.6 Å². The third-order valence-electron chi connectivity index (χ3n) is 5.46. The van der Waals surface area contributed by atoms with E-state index in [9.17, 15) is 18.8 Å². The van der Waals surface area contributed by atoms with Crippen molar-refractivity contribution in [3.8, 4) is 5.75 Å². The molecule has 11 heteroatoms. The molecule has 1 aliphatic rings. The zero-order valence-corrected chi connectivity index (χ0v) is 21.2. The molecule has 1 fully saturated rings. The Bertz CT molecular complexity index is 1320. The fourth-order valence-electron chi connectivity index (χ4n) is 3.69. The Hall–Kier alpha value is -4.02. The van der Waals surface area contributed by atoms with Gasteiger partial charge in [0.1, 0.15) is 17.6 Å². The minimum atomic E-state index is -1.14. The Morgan fingerprint density at radius 2 is 1.68 bits per heavy atom. The van der Waals surface area contributed by atoms with E-state index >= 15 is 0 Å². The normalized spacial score (nSPS) is 15.1. The number of carbonyl (C=O) groups excluding carboxylic acids is 3. The molecule has 1 saturated heterocycles. The average Bonchev–Trinajstić information content (AvgIpc) is 3.10. The summed E-state index contributed by atoms with van der Waals surface area (Å²) in [5.74, 6) is -1.40. The molecule has 1 aliphatic heterocycles. The quantitative estimate of drug-likeness (QED) is 0.407. The number of hydrazine groups is 1. The molecule has 0 radical (unpaired) electrons. The van der Waals surface area contributed by atoms with E-state index < -0.39 is 29.6 Å². The van der Waals surface area contributed by atoms with E-state index in [1.54, 1.807) is 36.4 Å². The lowest BCUT2D eigenvalue weighted by Crippen LogP contribution is -2.49. The zero-order chi connectivity index (χ0) is 26.5. The summed E-state index contributed by atoms with van der Waals surface area (Å²) < 4.78 is 18.9. The summed E-state index contributed by atoms with van der Waals surface area (Å²) in [6, 6.07) is 16.9. The number of anilines is 2. The molecule has 3 aromatic carbocycles. The number of ether oxygens (including phenoxy) is 1. The third-order valence-corrected chi connectivity index (χ3v) is 6.09. The molecule has 0 aromatic heterocycles. The zero-order valence-electron chi connectivity index (χ0n) is 19.6. The second kappa shape index (κ2) is 11.4. The molecular weight excluding hydrogens is 519 g/mol. The smallest absolute Gasteiger partial charge is 0.269 e. The summed E-state index contributed by atoms with van der Waals surface area (Å²) >= 11 is 11.4. The van der Waals surface area contributed by atoms with Gasteiger partial charge < -0.3 is 10.1 Å². The van der Waals surface area contributed by atoms with Crippen LogP contribution in [0.15, 0.2) is 72.8 Å². The maximum absolute atomic E-state index is 13.5. The maximum Gasteiger partial charge on any atom is 0.269 e. The van der Waals surface area contributed by atoms with Gasteiger partial charge in [-0.1, -0.05) is 11.6 Å². The minimum absolute atomic E-state index is 0.0576. The van der Waals surface area contributed by atoms with E-state index in [0.717, 1.165) is 4.90 Å². The molecule has 3 amide bonds. The molecule has 0 bridgehead atoms. The molecule has 1 heterocycles. The first-order valence-electron chi connectivity index (χ1n) is 11.3. The van der Waals surface area contributed by atoms with Crippen LogP contribution in [0.2, 0.25) is 5.02 Å². The van der Waals surface area contributed by atoms with Gasteiger partial charge in [0, 0.05) is 16.3 Å². The van der Waals surface area contributed by atoms with E-state index in [0.29, 0.717) is 28.8 Å².